The molecule has 2 heterocycles. The third kappa shape index (κ3) is 4.37. The van der Waals surface area contributed by atoms with Crippen LogP contribution in [0.2, 0.25) is 0 Å². The number of carbonyl (C=O) groups excluding carboxylic acids is 1. The first-order valence-corrected chi connectivity index (χ1v) is 10.3. The Bertz CT molecular complexity index is 1240. The Hall–Kier alpha value is -4.00. The molecule has 1 fully saturated rings. The molecule has 1 aromatic heterocycles. The van der Waals surface area contributed by atoms with Crippen LogP contribution < -0.4 is 4.74 Å². The molecule has 1 aliphatic heterocycles. The van der Waals surface area contributed by atoms with Crippen molar-refractivity contribution in [2.45, 2.75) is 12.5 Å². The van der Waals surface area contributed by atoms with E-state index in [1.165, 1.54) is 12.1 Å². The number of benzene rings is 3. The van der Waals surface area contributed by atoms with Crippen LogP contribution in [-0.2, 0) is 11.2 Å². The summed E-state index contributed by atoms with van der Waals surface area (Å²) in [6, 6.07) is 23.2. The zero-order valence-electron chi connectivity index (χ0n) is 17.1. The van der Waals surface area contributed by atoms with Gasteiger partial charge in [0.2, 0.25) is 11.7 Å². The first-order chi connectivity index (χ1) is 15.6. The van der Waals surface area contributed by atoms with Gasteiger partial charge in [0.25, 0.3) is 5.89 Å². The maximum absolute atomic E-state index is 13.3. The molecule has 7 heteroatoms. The lowest BCUT2D eigenvalue weighted by Crippen LogP contribution is -2.56. The minimum Gasteiger partial charge on any atom is -0.487 e. The number of hydrogen-bond acceptors (Lipinski definition) is 5. The smallest absolute Gasteiger partial charge is 0.258 e. The molecule has 0 atom stereocenters. The van der Waals surface area contributed by atoms with Gasteiger partial charge in [0, 0.05) is 11.1 Å². The highest BCUT2D eigenvalue weighted by molar-refractivity contribution is 5.79. The maximum Gasteiger partial charge on any atom is 0.258 e. The van der Waals surface area contributed by atoms with E-state index < -0.39 is 0 Å². The predicted molar refractivity (Wildman–Crippen MR) is 116 cm³/mol. The van der Waals surface area contributed by atoms with Gasteiger partial charge in [0.15, 0.2) is 0 Å². The molecule has 160 valence electrons. The van der Waals surface area contributed by atoms with Crippen molar-refractivity contribution in [3.8, 4) is 28.6 Å². The Morgan fingerprint density at radius 1 is 1.00 bits per heavy atom. The van der Waals surface area contributed by atoms with Gasteiger partial charge in [-0.2, -0.15) is 4.98 Å². The number of halogens is 1. The molecule has 4 aromatic rings. The molecule has 0 radical (unpaired) electrons. The van der Waals surface area contributed by atoms with E-state index in [9.17, 15) is 9.18 Å². The van der Waals surface area contributed by atoms with Crippen LogP contribution in [0.3, 0.4) is 0 Å². The van der Waals surface area contributed by atoms with E-state index in [2.05, 4.69) is 10.1 Å². The highest BCUT2D eigenvalue weighted by Gasteiger charge is 2.32. The molecule has 0 unspecified atom stereocenters. The summed E-state index contributed by atoms with van der Waals surface area (Å²) in [7, 11) is 0. The normalized spacial score (nSPS) is 13.6. The Labute approximate surface area is 184 Å². The molecule has 0 bridgehead atoms. The van der Waals surface area contributed by atoms with Crippen molar-refractivity contribution < 1.29 is 18.4 Å². The Balaban J connectivity index is 1.19. The molecule has 1 saturated heterocycles. The molecule has 3 aromatic carbocycles. The monoisotopic (exact) mass is 429 g/mol. The van der Waals surface area contributed by atoms with Crippen molar-refractivity contribution in [3.63, 3.8) is 0 Å². The second-order valence-corrected chi connectivity index (χ2v) is 7.66. The standard InChI is InChI=1S/C25H20FN3O3/c26-20-10-4-6-17(12-20)13-23(30)29-15-22(16-29)31-21-11-5-9-19(14-21)25-27-24(28-32-25)18-7-2-1-3-8-18/h1-12,14,22H,13,15-16H2. The highest BCUT2D eigenvalue weighted by atomic mass is 19.1. The van der Waals surface area contributed by atoms with Crippen LogP contribution in [0.4, 0.5) is 4.39 Å². The fourth-order valence-corrected chi connectivity index (χ4v) is 3.59. The fraction of sp³-hybridized carbons (Fsp3) is 0.160. The summed E-state index contributed by atoms with van der Waals surface area (Å²) >= 11 is 0. The average molecular weight is 429 g/mol. The predicted octanol–water partition coefficient (Wildman–Crippen LogP) is 4.38. The highest BCUT2D eigenvalue weighted by Crippen LogP contribution is 2.27. The van der Waals surface area contributed by atoms with Crippen LogP contribution in [0.1, 0.15) is 5.56 Å². The third-order valence-electron chi connectivity index (χ3n) is 5.29. The SMILES string of the molecule is O=C(Cc1cccc(F)c1)N1CC(Oc2cccc(-c3nc(-c4ccccc4)no3)c2)C1. The van der Waals surface area contributed by atoms with E-state index in [1.807, 2.05) is 54.6 Å². The second kappa shape index (κ2) is 8.63. The maximum atomic E-state index is 13.3. The van der Waals surface area contributed by atoms with Crippen molar-refractivity contribution in [3.05, 3.63) is 90.2 Å². The van der Waals surface area contributed by atoms with Gasteiger partial charge in [0.05, 0.1) is 19.5 Å². The van der Waals surface area contributed by atoms with E-state index in [0.717, 1.165) is 11.1 Å². The van der Waals surface area contributed by atoms with Crippen molar-refractivity contribution >= 4 is 5.91 Å². The molecule has 0 N–H and O–H groups in total. The lowest BCUT2D eigenvalue weighted by atomic mass is 10.1. The molecular weight excluding hydrogens is 409 g/mol. The minimum absolute atomic E-state index is 0.0384. The molecule has 0 spiro atoms. The number of rotatable bonds is 6. The summed E-state index contributed by atoms with van der Waals surface area (Å²) in [6.07, 6.45) is 0.0882. The van der Waals surface area contributed by atoms with E-state index >= 15 is 0 Å². The molecule has 6 nitrogen and oxygen atoms in total. The summed E-state index contributed by atoms with van der Waals surface area (Å²) in [5, 5.41) is 4.06. The van der Waals surface area contributed by atoms with Crippen LogP contribution in [0.15, 0.2) is 83.4 Å². The lowest BCUT2D eigenvalue weighted by molar-refractivity contribution is -0.139. The Kier molecular flexibility index (Phi) is 5.37. The fourth-order valence-electron chi connectivity index (χ4n) is 3.59. The second-order valence-electron chi connectivity index (χ2n) is 7.66. The summed E-state index contributed by atoms with van der Waals surface area (Å²) in [6.45, 7) is 0.994. The zero-order valence-corrected chi connectivity index (χ0v) is 17.1. The molecule has 1 amide bonds. The minimum atomic E-state index is -0.336. The Morgan fingerprint density at radius 3 is 2.59 bits per heavy atom. The van der Waals surface area contributed by atoms with Crippen molar-refractivity contribution in [1.82, 2.24) is 15.0 Å². The zero-order chi connectivity index (χ0) is 21.9. The molecule has 0 aliphatic carbocycles. The third-order valence-corrected chi connectivity index (χ3v) is 5.29. The van der Waals surface area contributed by atoms with Gasteiger partial charge in [-0.3, -0.25) is 4.79 Å². The van der Waals surface area contributed by atoms with Crippen molar-refractivity contribution in [1.29, 1.82) is 0 Å². The van der Waals surface area contributed by atoms with Gasteiger partial charge in [-0.15, -0.1) is 0 Å². The number of likely N-dealkylation sites (tertiary alicyclic amines) is 1. The van der Waals surface area contributed by atoms with Gasteiger partial charge < -0.3 is 14.2 Å². The van der Waals surface area contributed by atoms with Gasteiger partial charge >= 0.3 is 0 Å². The summed E-state index contributed by atoms with van der Waals surface area (Å²) in [5.74, 6) is 1.23. The number of amides is 1. The molecule has 32 heavy (non-hydrogen) atoms. The molecule has 0 saturated carbocycles. The average Bonchev–Trinajstić information content (AvgIpc) is 3.27. The molecule has 1 aliphatic rings. The first-order valence-electron chi connectivity index (χ1n) is 10.3. The van der Waals surface area contributed by atoms with E-state index in [1.54, 1.807) is 17.0 Å². The van der Waals surface area contributed by atoms with Crippen LogP contribution in [-0.4, -0.2) is 40.1 Å². The quantitative estimate of drug-likeness (QED) is 0.455. The van der Waals surface area contributed by atoms with Gasteiger partial charge in [-0.05, 0) is 35.9 Å². The van der Waals surface area contributed by atoms with Crippen molar-refractivity contribution in [2.75, 3.05) is 13.1 Å². The van der Waals surface area contributed by atoms with E-state index in [4.69, 9.17) is 9.26 Å². The van der Waals surface area contributed by atoms with E-state index in [-0.39, 0.29) is 24.2 Å². The first kappa shape index (κ1) is 19.9. The van der Waals surface area contributed by atoms with Crippen LogP contribution >= 0.6 is 0 Å². The van der Waals surface area contributed by atoms with Crippen LogP contribution in [0.25, 0.3) is 22.8 Å². The summed E-state index contributed by atoms with van der Waals surface area (Å²) in [4.78, 5) is 18.6. The van der Waals surface area contributed by atoms with Gasteiger partial charge in [-0.1, -0.05) is 53.7 Å². The van der Waals surface area contributed by atoms with Crippen molar-refractivity contribution in [2.24, 2.45) is 0 Å². The van der Waals surface area contributed by atoms with Gasteiger partial charge in [-0.25, -0.2) is 4.39 Å². The van der Waals surface area contributed by atoms with Gasteiger partial charge in [0.1, 0.15) is 17.7 Å². The van der Waals surface area contributed by atoms with Crippen LogP contribution in [0.5, 0.6) is 5.75 Å². The number of ether oxygens (including phenoxy) is 1. The van der Waals surface area contributed by atoms with E-state index in [0.29, 0.717) is 36.1 Å². The topological polar surface area (TPSA) is 68.5 Å². The summed E-state index contributed by atoms with van der Waals surface area (Å²) in [5.41, 5.74) is 2.31. The number of carbonyl (C=O) groups is 1. The Morgan fingerprint density at radius 2 is 1.78 bits per heavy atom. The molecular formula is C25H20FN3O3. The number of aromatic nitrogens is 2. The van der Waals surface area contributed by atoms with Crippen LogP contribution in [0, 0.1) is 5.82 Å². The number of hydrogen-bond donors (Lipinski definition) is 0. The number of nitrogens with zero attached hydrogens (tertiary/aromatic N) is 3. The lowest BCUT2D eigenvalue weighted by Gasteiger charge is -2.39. The summed E-state index contributed by atoms with van der Waals surface area (Å²) < 4.78 is 24.7. The molecule has 5 rings (SSSR count). The largest absolute Gasteiger partial charge is 0.487 e.